The van der Waals surface area contributed by atoms with E-state index in [0.29, 0.717) is 17.5 Å². The number of hydrogen-bond donors (Lipinski definition) is 1. The van der Waals surface area contributed by atoms with E-state index in [1.165, 1.54) is 32.1 Å². The number of nitrogens with zero attached hydrogens (tertiary/aromatic N) is 4. The van der Waals surface area contributed by atoms with E-state index < -0.39 is 0 Å². The van der Waals surface area contributed by atoms with Gasteiger partial charge in [-0.3, -0.25) is 4.79 Å². The highest BCUT2D eigenvalue weighted by Crippen LogP contribution is 2.20. The minimum atomic E-state index is -0.204. The van der Waals surface area contributed by atoms with Crippen LogP contribution in [0.1, 0.15) is 55.9 Å². The summed E-state index contributed by atoms with van der Waals surface area (Å²) in [6.45, 7) is 8.41. The third kappa shape index (κ3) is 5.30. The third-order valence-corrected chi connectivity index (χ3v) is 5.54. The molecule has 1 N–H and O–H groups in total. The lowest BCUT2D eigenvalue weighted by Crippen LogP contribution is -2.35. The Morgan fingerprint density at radius 1 is 1.27 bits per heavy atom. The molecule has 1 aromatic rings. The standard InChI is InChI=1S/C19H30ClN5O/c1-15-7-6-10-24(14-15)9-3-2-8-21-18(26)17-16(20)13-22-19(23-17)25-11-4-5-12-25/h13,15H,2-12,14H2,1H3,(H,21,26)/t15-/m0/s1. The second kappa shape index (κ2) is 9.51. The summed E-state index contributed by atoms with van der Waals surface area (Å²) < 4.78 is 0. The summed E-state index contributed by atoms with van der Waals surface area (Å²) in [5.74, 6) is 1.22. The molecule has 0 saturated carbocycles. The average molecular weight is 380 g/mol. The van der Waals surface area contributed by atoms with Gasteiger partial charge >= 0.3 is 0 Å². The highest BCUT2D eigenvalue weighted by Gasteiger charge is 2.19. The molecular formula is C19H30ClN5O. The van der Waals surface area contributed by atoms with Crippen molar-refractivity contribution in [1.82, 2.24) is 20.2 Å². The molecule has 3 rings (SSSR count). The Bertz CT molecular complexity index is 606. The number of carbonyl (C=O) groups is 1. The van der Waals surface area contributed by atoms with Crippen molar-refractivity contribution < 1.29 is 4.79 Å². The molecule has 2 aliphatic heterocycles. The SMILES string of the molecule is C[C@H]1CCCN(CCCCNC(=O)c2nc(N3CCCC3)ncc2Cl)C1. The molecule has 0 aromatic carbocycles. The molecule has 2 saturated heterocycles. The number of anilines is 1. The first-order valence-electron chi connectivity index (χ1n) is 9.91. The van der Waals surface area contributed by atoms with Gasteiger partial charge in [0.25, 0.3) is 5.91 Å². The summed E-state index contributed by atoms with van der Waals surface area (Å²) in [7, 11) is 0. The number of aromatic nitrogens is 2. The molecule has 1 amide bonds. The normalized spacial score (nSPS) is 21.2. The smallest absolute Gasteiger partial charge is 0.271 e. The minimum Gasteiger partial charge on any atom is -0.351 e. The summed E-state index contributed by atoms with van der Waals surface area (Å²) in [6.07, 6.45) is 8.55. The van der Waals surface area contributed by atoms with E-state index >= 15 is 0 Å². The second-order valence-electron chi connectivity index (χ2n) is 7.57. The molecule has 26 heavy (non-hydrogen) atoms. The zero-order chi connectivity index (χ0) is 18.4. The maximum absolute atomic E-state index is 12.4. The van der Waals surface area contributed by atoms with E-state index in [-0.39, 0.29) is 11.6 Å². The van der Waals surface area contributed by atoms with Gasteiger partial charge in [0.15, 0.2) is 5.69 Å². The molecule has 2 aliphatic rings. The van der Waals surface area contributed by atoms with Crippen LogP contribution in [-0.2, 0) is 0 Å². The lowest BCUT2D eigenvalue weighted by Gasteiger charge is -2.30. The number of piperidine rings is 1. The quantitative estimate of drug-likeness (QED) is 0.738. The summed E-state index contributed by atoms with van der Waals surface area (Å²) >= 11 is 6.14. The van der Waals surface area contributed by atoms with Crippen LogP contribution in [0.5, 0.6) is 0 Å². The van der Waals surface area contributed by atoms with Crippen molar-refractivity contribution >= 4 is 23.5 Å². The highest BCUT2D eigenvalue weighted by atomic mass is 35.5. The van der Waals surface area contributed by atoms with E-state index in [1.807, 2.05) is 0 Å². The lowest BCUT2D eigenvalue weighted by atomic mass is 10.0. The fraction of sp³-hybridized carbons (Fsp3) is 0.737. The van der Waals surface area contributed by atoms with Crippen LogP contribution >= 0.6 is 11.6 Å². The molecule has 1 aromatic heterocycles. The molecule has 7 heteroatoms. The van der Waals surface area contributed by atoms with Crippen molar-refractivity contribution in [1.29, 1.82) is 0 Å². The molecule has 144 valence electrons. The number of nitrogens with one attached hydrogen (secondary N) is 1. The van der Waals surface area contributed by atoms with Crippen molar-refractivity contribution in [2.24, 2.45) is 5.92 Å². The monoisotopic (exact) mass is 379 g/mol. The predicted molar refractivity (Wildman–Crippen MR) is 105 cm³/mol. The van der Waals surface area contributed by atoms with Crippen molar-refractivity contribution in [2.75, 3.05) is 44.2 Å². The van der Waals surface area contributed by atoms with Crippen LogP contribution in [0.3, 0.4) is 0 Å². The summed E-state index contributed by atoms with van der Waals surface area (Å²) in [4.78, 5) is 25.7. The van der Waals surface area contributed by atoms with E-state index in [4.69, 9.17) is 11.6 Å². The Hall–Kier alpha value is -1.40. The number of hydrogen-bond acceptors (Lipinski definition) is 5. The molecule has 0 unspecified atom stereocenters. The van der Waals surface area contributed by atoms with Crippen molar-refractivity contribution in [3.8, 4) is 0 Å². The largest absolute Gasteiger partial charge is 0.351 e. The third-order valence-electron chi connectivity index (χ3n) is 5.26. The van der Waals surface area contributed by atoms with Gasteiger partial charge in [-0.15, -0.1) is 0 Å². The van der Waals surface area contributed by atoms with Crippen LogP contribution in [0.4, 0.5) is 5.95 Å². The average Bonchev–Trinajstić information content (AvgIpc) is 3.16. The molecule has 0 radical (unpaired) electrons. The Labute approximate surface area is 161 Å². The molecule has 0 aliphatic carbocycles. The van der Waals surface area contributed by atoms with Gasteiger partial charge in [0.2, 0.25) is 5.95 Å². The Balaban J connectivity index is 1.42. The number of unbranched alkanes of at least 4 members (excludes halogenated alkanes) is 1. The zero-order valence-corrected chi connectivity index (χ0v) is 16.5. The van der Waals surface area contributed by atoms with Gasteiger partial charge in [-0.2, -0.15) is 0 Å². The molecule has 2 fully saturated rings. The van der Waals surface area contributed by atoms with E-state index in [0.717, 1.165) is 51.2 Å². The van der Waals surface area contributed by atoms with E-state index in [2.05, 4.69) is 32.0 Å². The van der Waals surface area contributed by atoms with Crippen LogP contribution in [0.2, 0.25) is 5.02 Å². The molecule has 0 bridgehead atoms. The van der Waals surface area contributed by atoms with Crippen LogP contribution in [0.25, 0.3) is 0 Å². The van der Waals surface area contributed by atoms with Crippen molar-refractivity contribution in [3.05, 3.63) is 16.9 Å². The van der Waals surface area contributed by atoms with Gasteiger partial charge in [0.05, 0.1) is 11.2 Å². The predicted octanol–water partition coefficient (Wildman–Crippen LogP) is 2.97. The number of carbonyl (C=O) groups excluding carboxylic acids is 1. The summed E-state index contributed by atoms with van der Waals surface area (Å²) in [5.41, 5.74) is 0.286. The van der Waals surface area contributed by atoms with Gasteiger partial charge in [-0.1, -0.05) is 18.5 Å². The number of amides is 1. The van der Waals surface area contributed by atoms with Crippen molar-refractivity contribution in [3.63, 3.8) is 0 Å². The fourth-order valence-corrected chi connectivity index (χ4v) is 4.00. The van der Waals surface area contributed by atoms with Crippen LogP contribution in [0, 0.1) is 5.92 Å². The zero-order valence-electron chi connectivity index (χ0n) is 15.7. The Morgan fingerprint density at radius 3 is 2.85 bits per heavy atom. The molecule has 3 heterocycles. The highest BCUT2D eigenvalue weighted by molar-refractivity contribution is 6.33. The van der Waals surface area contributed by atoms with Gasteiger partial charge in [0, 0.05) is 26.2 Å². The van der Waals surface area contributed by atoms with Gasteiger partial charge in [-0.05, 0) is 57.5 Å². The molecule has 6 nitrogen and oxygen atoms in total. The second-order valence-corrected chi connectivity index (χ2v) is 7.98. The van der Waals surface area contributed by atoms with E-state index in [1.54, 1.807) is 0 Å². The first-order valence-corrected chi connectivity index (χ1v) is 10.3. The summed E-state index contributed by atoms with van der Waals surface area (Å²) in [6, 6.07) is 0. The van der Waals surface area contributed by atoms with Gasteiger partial charge in [0.1, 0.15) is 0 Å². The molecule has 1 atom stereocenters. The minimum absolute atomic E-state index is 0.204. The van der Waals surface area contributed by atoms with Crippen LogP contribution < -0.4 is 10.2 Å². The molecule has 0 spiro atoms. The Morgan fingerprint density at radius 2 is 2.08 bits per heavy atom. The maximum Gasteiger partial charge on any atom is 0.271 e. The van der Waals surface area contributed by atoms with E-state index in [9.17, 15) is 4.79 Å². The Kier molecular flexibility index (Phi) is 7.08. The lowest BCUT2D eigenvalue weighted by molar-refractivity contribution is 0.0947. The summed E-state index contributed by atoms with van der Waals surface area (Å²) in [5, 5.41) is 3.27. The number of rotatable bonds is 7. The topological polar surface area (TPSA) is 61.4 Å². The first-order chi connectivity index (χ1) is 12.6. The maximum atomic E-state index is 12.4. The van der Waals surface area contributed by atoms with Crippen molar-refractivity contribution in [2.45, 2.75) is 45.4 Å². The molecular weight excluding hydrogens is 350 g/mol. The van der Waals surface area contributed by atoms with Crippen LogP contribution in [0.15, 0.2) is 6.20 Å². The first kappa shape index (κ1) is 19.4. The number of halogens is 1. The van der Waals surface area contributed by atoms with Crippen LogP contribution in [-0.4, -0.2) is 60.0 Å². The van der Waals surface area contributed by atoms with Gasteiger partial charge in [-0.25, -0.2) is 9.97 Å². The fourth-order valence-electron chi connectivity index (χ4n) is 3.82. The number of likely N-dealkylation sites (tertiary alicyclic amines) is 1. The van der Waals surface area contributed by atoms with Gasteiger partial charge < -0.3 is 15.1 Å².